The number of anilines is 1. The van der Waals surface area contributed by atoms with Gasteiger partial charge in [-0.3, -0.25) is 0 Å². The minimum Gasteiger partial charge on any atom is -0.368 e. The smallest absolute Gasteiger partial charge is 0.144 e. The summed E-state index contributed by atoms with van der Waals surface area (Å²) in [4.78, 5) is 4.09. The number of hydrogen-bond donors (Lipinski definition) is 1. The third-order valence-corrected chi connectivity index (χ3v) is 3.04. The summed E-state index contributed by atoms with van der Waals surface area (Å²) in [7, 11) is 0. The number of halogens is 2. The predicted octanol–water partition coefficient (Wildman–Crippen LogP) is 3.72. The average molecular weight is 263 g/mol. The fourth-order valence-electron chi connectivity index (χ4n) is 0.953. The highest BCUT2D eigenvalue weighted by Gasteiger charge is 2.01. The summed E-state index contributed by atoms with van der Waals surface area (Å²) < 4.78 is 0. The Morgan fingerprint density at radius 3 is 3.00 bits per heavy atom. The lowest BCUT2D eigenvalue weighted by Gasteiger charge is -2.06. The number of thioether (sulfide) groups is 1. The highest BCUT2D eigenvalue weighted by molar-refractivity contribution is 7.99. The minimum atomic E-state index is 0.548. The molecule has 15 heavy (non-hydrogen) atoms. The number of nitrogens with one attached hydrogen (secondary N) is 1. The number of rotatable bonds is 6. The Balaban J connectivity index is 2.34. The van der Waals surface area contributed by atoms with Gasteiger partial charge in [0.05, 0.1) is 10.0 Å². The van der Waals surface area contributed by atoms with Crippen LogP contribution in [0.1, 0.15) is 0 Å². The van der Waals surface area contributed by atoms with Crippen molar-refractivity contribution in [1.82, 2.24) is 4.98 Å². The van der Waals surface area contributed by atoms with Gasteiger partial charge in [-0.1, -0.05) is 29.3 Å². The van der Waals surface area contributed by atoms with E-state index in [1.165, 1.54) is 0 Å². The van der Waals surface area contributed by atoms with E-state index in [-0.39, 0.29) is 0 Å². The van der Waals surface area contributed by atoms with Crippen LogP contribution < -0.4 is 5.32 Å². The highest BCUT2D eigenvalue weighted by atomic mass is 35.5. The van der Waals surface area contributed by atoms with Gasteiger partial charge in [-0.15, -0.1) is 6.58 Å². The van der Waals surface area contributed by atoms with Crippen molar-refractivity contribution in [2.24, 2.45) is 0 Å². The summed E-state index contributed by atoms with van der Waals surface area (Å²) in [6.45, 7) is 4.48. The standard InChI is InChI=1S/C10H12Cl2N2S/c1-2-4-15-5-3-13-10-9(12)6-8(11)7-14-10/h2,6-7H,1,3-5H2,(H,13,14). The normalized spacial score (nSPS) is 10.0. The molecular formula is C10H12Cl2N2S. The lowest BCUT2D eigenvalue weighted by Crippen LogP contribution is -2.06. The van der Waals surface area contributed by atoms with Crippen LogP contribution >= 0.6 is 35.0 Å². The Bertz CT molecular complexity index is 331. The predicted molar refractivity (Wildman–Crippen MR) is 70.3 cm³/mol. The van der Waals surface area contributed by atoms with Gasteiger partial charge in [0.15, 0.2) is 0 Å². The Kier molecular flexibility index (Phi) is 5.91. The highest BCUT2D eigenvalue weighted by Crippen LogP contribution is 2.22. The van der Waals surface area contributed by atoms with E-state index < -0.39 is 0 Å². The van der Waals surface area contributed by atoms with Crippen LogP contribution in [0.15, 0.2) is 24.9 Å². The van der Waals surface area contributed by atoms with Crippen LogP contribution in [0.25, 0.3) is 0 Å². The van der Waals surface area contributed by atoms with Gasteiger partial charge < -0.3 is 5.32 Å². The van der Waals surface area contributed by atoms with Gasteiger partial charge in [0.2, 0.25) is 0 Å². The van der Waals surface area contributed by atoms with Crippen molar-refractivity contribution in [2.45, 2.75) is 0 Å². The van der Waals surface area contributed by atoms with Crippen molar-refractivity contribution in [3.05, 3.63) is 35.0 Å². The largest absolute Gasteiger partial charge is 0.368 e. The average Bonchev–Trinajstić information content (AvgIpc) is 2.20. The second-order valence-electron chi connectivity index (χ2n) is 2.77. The summed E-state index contributed by atoms with van der Waals surface area (Å²) in [5.74, 6) is 2.64. The number of aromatic nitrogens is 1. The number of pyridine rings is 1. The van der Waals surface area contributed by atoms with Crippen LogP contribution in [0.5, 0.6) is 0 Å². The molecule has 82 valence electrons. The molecule has 5 heteroatoms. The van der Waals surface area contributed by atoms with Crippen LogP contribution in [0, 0.1) is 0 Å². The zero-order valence-corrected chi connectivity index (χ0v) is 10.5. The number of nitrogens with zero attached hydrogens (tertiary/aromatic N) is 1. The van der Waals surface area contributed by atoms with E-state index in [0.29, 0.717) is 15.9 Å². The van der Waals surface area contributed by atoms with Crippen molar-refractivity contribution in [3.8, 4) is 0 Å². The lowest BCUT2D eigenvalue weighted by atomic mass is 10.4. The SMILES string of the molecule is C=CCSCCNc1ncc(Cl)cc1Cl. The molecule has 1 rings (SSSR count). The maximum atomic E-state index is 5.94. The molecule has 0 radical (unpaired) electrons. The molecule has 0 aliphatic carbocycles. The molecule has 0 saturated carbocycles. The molecule has 2 nitrogen and oxygen atoms in total. The zero-order chi connectivity index (χ0) is 11.1. The topological polar surface area (TPSA) is 24.9 Å². The molecule has 0 aromatic carbocycles. The summed E-state index contributed by atoms with van der Waals surface area (Å²) in [6, 6.07) is 1.68. The van der Waals surface area contributed by atoms with Crippen molar-refractivity contribution < 1.29 is 0 Å². The maximum Gasteiger partial charge on any atom is 0.144 e. The lowest BCUT2D eigenvalue weighted by molar-refractivity contribution is 1.17. The fourth-order valence-corrected chi connectivity index (χ4v) is 1.98. The minimum absolute atomic E-state index is 0.548. The fraction of sp³-hybridized carbons (Fsp3) is 0.300. The van der Waals surface area contributed by atoms with E-state index in [4.69, 9.17) is 23.2 Å². The molecular weight excluding hydrogens is 251 g/mol. The van der Waals surface area contributed by atoms with E-state index >= 15 is 0 Å². The molecule has 0 atom stereocenters. The van der Waals surface area contributed by atoms with Crippen LogP contribution in [0.2, 0.25) is 10.0 Å². The summed E-state index contributed by atoms with van der Waals surface area (Å²) in [5, 5.41) is 4.24. The molecule has 0 amide bonds. The molecule has 0 saturated heterocycles. The van der Waals surface area contributed by atoms with Crippen molar-refractivity contribution in [1.29, 1.82) is 0 Å². The van der Waals surface area contributed by atoms with Crippen molar-refractivity contribution >= 4 is 40.8 Å². The molecule has 0 bridgehead atoms. The van der Waals surface area contributed by atoms with Gasteiger partial charge in [0.25, 0.3) is 0 Å². The first-order chi connectivity index (χ1) is 7.24. The molecule has 0 fully saturated rings. The van der Waals surface area contributed by atoms with E-state index in [1.807, 2.05) is 6.08 Å². The Morgan fingerprint density at radius 1 is 1.53 bits per heavy atom. The van der Waals surface area contributed by atoms with E-state index in [9.17, 15) is 0 Å². The molecule has 1 heterocycles. The van der Waals surface area contributed by atoms with Gasteiger partial charge in [-0.2, -0.15) is 11.8 Å². The second-order valence-corrected chi connectivity index (χ2v) is 4.77. The molecule has 1 N–H and O–H groups in total. The third kappa shape index (κ3) is 4.78. The third-order valence-electron chi connectivity index (χ3n) is 1.58. The van der Waals surface area contributed by atoms with Crippen LogP contribution in [0.4, 0.5) is 5.82 Å². The van der Waals surface area contributed by atoms with Crippen molar-refractivity contribution in [3.63, 3.8) is 0 Å². The van der Waals surface area contributed by atoms with Crippen molar-refractivity contribution in [2.75, 3.05) is 23.4 Å². The van der Waals surface area contributed by atoms with Gasteiger partial charge in [0.1, 0.15) is 5.82 Å². The molecule has 1 aromatic rings. The molecule has 0 aliphatic heterocycles. The van der Waals surface area contributed by atoms with Gasteiger partial charge in [0, 0.05) is 24.2 Å². The summed E-state index contributed by atoms with van der Waals surface area (Å²) >= 11 is 13.5. The zero-order valence-electron chi connectivity index (χ0n) is 8.17. The molecule has 0 spiro atoms. The monoisotopic (exact) mass is 262 g/mol. The number of hydrogen-bond acceptors (Lipinski definition) is 3. The second kappa shape index (κ2) is 6.99. The van der Waals surface area contributed by atoms with Crippen LogP contribution in [0.3, 0.4) is 0 Å². The van der Waals surface area contributed by atoms with Gasteiger partial charge in [-0.25, -0.2) is 4.98 Å². The van der Waals surface area contributed by atoms with E-state index in [1.54, 1.807) is 24.0 Å². The Morgan fingerprint density at radius 2 is 2.33 bits per heavy atom. The maximum absolute atomic E-state index is 5.94. The van der Waals surface area contributed by atoms with Crippen LogP contribution in [-0.4, -0.2) is 23.0 Å². The first-order valence-corrected chi connectivity index (χ1v) is 6.38. The quantitative estimate of drug-likeness (QED) is 0.625. The summed E-state index contributed by atoms with van der Waals surface area (Å²) in [5.41, 5.74) is 0. The van der Waals surface area contributed by atoms with Gasteiger partial charge in [-0.05, 0) is 6.07 Å². The van der Waals surface area contributed by atoms with E-state index in [0.717, 1.165) is 18.1 Å². The summed E-state index contributed by atoms with van der Waals surface area (Å²) in [6.07, 6.45) is 3.46. The van der Waals surface area contributed by atoms with E-state index in [2.05, 4.69) is 16.9 Å². The van der Waals surface area contributed by atoms with Gasteiger partial charge >= 0.3 is 0 Å². The molecule has 0 unspecified atom stereocenters. The molecule has 0 aliphatic rings. The Labute approximate surface area is 104 Å². The Hall–Kier alpha value is -0.380. The first kappa shape index (κ1) is 12.7. The van der Waals surface area contributed by atoms with Crippen LogP contribution in [-0.2, 0) is 0 Å². The first-order valence-electron chi connectivity index (χ1n) is 4.47. The molecule has 1 aromatic heterocycles.